The van der Waals surface area contributed by atoms with Crippen LogP contribution in [0.2, 0.25) is 5.02 Å². The molecular weight excluding hydrogens is 302 g/mol. The van der Waals surface area contributed by atoms with Crippen molar-refractivity contribution in [3.63, 3.8) is 0 Å². The summed E-state index contributed by atoms with van der Waals surface area (Å²) in [5, 5.41) is 0.654. The molecule has 22 heavy (non-hydrogen) atoms. The third kappa shape index (κ3) is 6.94. The summed E-state index contributed by atoms with van der Waals surface area (Å²) in [6.45, 7) is 3.20. The Morgan fingerprint density at radius 3 is 2.41 bits per heavy atom. The highest BCUT2D eigenvalue weighted by molar-refractivity contribution is 6.30. The van der Waals surface area contributed by atoms with Crippen LogP contribution >= 0.6 is 11.6 Å². The molecule has 0 unspecified atom stereocenters. The number of unbranched alkanes of at least 4 members (excludes halogenated alkanes) is 2. The van der Waals surface area contributed by atoms with Gasteiger partial charge in [0.15, 0.2) is 0 Å². The molecule has 0 aliphatic rings. The van der Waals surface area contributed by atoms with E-state index in [1.54, 1.807) is 17.0 Å². The van der Waals surface area contributed by atoms with Gasteiger partial charge in [0.1, 0.15) is 0 Å². The smallest absolute Gasteiger partial charge is 0.307 e. The molecule has 0 heterocycles. The van der Waals surface area contributed by atoms with Crippen molar-refractivity contribution in [3.8, 4) is 0 Å². The summed E-state index contributed by atoms with van der Waals surface area (Å²) in [6, 6.07) is 7.26. The van der Waals surface area contributed by atoms with Gasteiger partial charge in [-0.3, -0.25) is 9.59 Å². The number of esters is 1. The van der Waals surface area contributed by atoms with Crippen molar-refractivity contribution in [2.75, 3.05) is 20.2 Å². The third-order valence-electron chi connectivity index (χ3n) is 3.47. The fraction of sp³-hybridized carbons (Fsp3) is 0.529. The van der Waals surface area contributed by atoms with Crippen LogP contribution < -0.4 is 0 Å². The average Bonchev–Trinajstić information content (AvgIpc) is 2.52. The first-order chi connectivity index (χ1) is 10.6. The number of rotatable bonds is 9. The molecule has 1 aromatic rings. The van der Waals surface area contributed by atoms with Gasteiger partial charge in [-0.15, -0.1) is 0 Å². The summed E-state index contributed by atoms with van der Waals surface area (Å²) in [4.78, 5) is 25.5. The van der Waals surface area contributed by atoms with Gasteiger partial charge in [-0.25, -0.2) is 0 Å². The number of hydrogen-bond donors (Lipinski definition) is 0. The Hall–Kier alpha value is -1.55. The summed E-state index contributed by atoms with van der Waals surface area (Å²) in [5.41, 5.74) is 0.924. The van der Waals surface area contributed by atoms with Gasteiger partial charge in [0.2, 0.25) is 5.91 Å². The lowest BCUT2D eigenvalue weighted by atomic mass is 10.1. The van der Waals surface area contributed by atoms with Crippen molar-refractivity contribution in [2.45, 2.75) is 39.0 Å². The molecule has 0 aliphatic carbocycles. The van der Waals surface area contributed by atoms with Gasteiger partial charge < -0.3 is 9.64 Å². The molecule has 5 heteroatoms. The number of nitrogens with zero attached hydrogens (tertiary/aromatic N) is 1. The van der Waals surface area contributed by atoms with Crippen molar-refractivity contribution in [1.29, 1.82) is 0 Å². The topological polar surface area (TPSA) is 46.6 Å². The predicted molar refractivity (Wildman–Crippen MR) is 87.9 cm³/mol. The summed E-state index contributed by atoms with van der Waals surface area (Å²) in [7, 11) is 1.36. The minimum absolute atomic E-state index is 0.0299. The number of ether oxygens (including phenoxy) is 1. The molecule has 0 radical (unpaired) electrons. The Morgan fingerprint density at radius 2 is 1.82 bits per heavy atom. The third-order valence-corrected chi connectivity index (χ3v) is 3.72. The molecule has 0 aliphatic heterocycles. The Kier molecular flexibility index (Phi) is 8.60. The van der Waals surface area contributed by atoms with E-state index in [1.807, 2.05) is 12.1 Å². The monoisotopic (exact) mass is 325 g/mol. The molecule has 0 bridgehead atoms. The van der Waals surface area contributed by atoms with Crippen LogP contribution in [0.1, 0.15) is 38.2 Å². The van der Waals surface area contributed by atoms with Crippen molar-refractivity contribution in [1.82, 2.24) is 4.90 Å². The highest BCUT2D eigenvalue weighted by atomic mass is 35.5. The summed E-state index contributed by atoms with van der Waals surface area (Å²) in [6.07, 6.45) is 3.67. The maximum atomic E-state index is 12.4. The lowest BCUT2D eigenvalue weighted by Gasteiger charge is -2.22. The van der Waals surface area contributed by atoms with Crippen LogP contribution in [0.5, 0.6) is 0 Å². The van der Waals surface area contributed by atoms with Crippen molar-refractivity contribution >= 4 is 23.5 Å². The number of hydrogen-bond acceptors (Lipinski definition) is 3. The second kappa shape index (κ2) is 10.2. The van der Waals surface area contributed by atoms with Gasteiger partial charge in [0.05, 0.1) is 20.0 Å². The van der Waals surface area contributed by atoms with E-state index in [1.165, 1.54) is 7.11 Å². The summed E-state index contributed by atoms with van der Waals surface area (Å²) < 4.78 is 4.65. The minimum Gasteiger partial charge on any atom is -0.469 e. The number of carbonyl (C=O) groups excluding carboxylic acids is 2. The molecule has 1 rings (SSSR count). The molecule has 4 nitrogen and oxygen atoms in total. The highest BCUT2D eigenvalue weighted by Crippen LogP contribution is 2.11. The molecule has 122 valence electrons. The molecule has 0 spiro atoms. The normalized spacial score (nSPS) is 10.3. The standard InChI is InChI=1S/C17H24ClNO3/c1-3-4-5-11-19(12-10-17(21)22-2)16(20)13-14-6-8-15(18)9-7-14/h6-9H,3-5,10-13H2,1-2H3. The summed E-state index contributed by atoms with van der Waals surface area (Å²) >= 11 is 5.85. The lowest BCUT2D eigenvalue weighted by Crippen LogP contribution is -2.35. The van der Waals surface area contributed by atoms with E-state index in [0.29, 0.717) is 24.5 Å². The Labute approximate surface area is 137 Å². The van der Waals surface area contributed by atoms with Gasteiger partial charge in [-0.1, -0.05) is 43.5 Å². The number of benzene rings is 1. The van der Waals surface area contributed by atoms with E-state index >= 15 is 0 Å². The van der Waals surface area contributed by atoms with Gasteiger partial charge >= 0.3 is 5.97 Å². The molecule has 0 fully saturated rings. The Balaban J connectivity index is 2.60. The second-order valence-corrected chi connectivity index (χ2v) is 5.65. The quantitative estimate of drug-likeness (QED) is 0.516. The maximum absolute atomic E-state index is 12.4. The molecule has 1 amide bonds. The lowest BCUT2D eigenvalue weighted by molar-refractivity contribution is -0.141. The average molecular weight is 326 g/mol. The molecule has 0 saturated carbocycles. The minimum atomic E-state index is -0.292. The molecular formula is C17H24ClNO3. The Morgan fingerprint density at radius 1 is 1.14 bits per heavy atom. The number of methoxy groups -OCH3 is 1. The predicted octanol–water partition coefficient (Wildman–Crippen LogP) is 3.46. The first-order valence-corrected chi connectivity index (χ1v) is 8.03. The van der Waals surface area contributed by atoms with Crippen LogP contribution in [0.15, 0.2) is 24.3 Å². The van der Waals surface area contributed by atoms with E-state index < -0.39 is 0 Å². The summed E-state index contributed by atoms with van der Waals surface area (Å²) in [5.74, 6) is -0.262. The molecule has 0 atom stereocenters. The van der Waals surface area contributed by atoms with Crippen LogP contribution in [0, 0.1) is 0 Å². The van der Waals surface area contributed by atoms with Crippen LogP contribution in [0.4, 0.5) is 0 Å². The fourth-order valence-electron chi connectivity index (χ4n) is 2.13. The van der Waals surface area contributed by atoms with Gasteiger partial charge in [0, 0.05) is 18.1 Å². The van der Waals surface area contributed by atoms with Crippen LogP contribution in [0.25, 0.3) is 0 Å². The molecule has 1 aromatic carbocycles. The van der Waals surface area contributed by atoms with E-state index in [9.17, 15) is 9.59 Å². The highest BCUT2D eigenvalue weighted by Gasteiger charge is 2.15. The van der Waals surface area contributed by atoms with Crippen LogP contribution in [-0.2, 0) is 20.7 Å². The van der Waals surface area contributed by atoms with Crippen molar-refractivity contribution < 1.29 is 14.3 Å². The van der Waals surface area contributed by atoms with Gasteiger partial charge in [-0.2, -0.15) is 0 Å². The van der Waals surface area contributed by atoms with Crippen LogP contribution in [0.3, 0.4) is 0 Å². The SMILES string of the molecule is CCCCCN(CCC(=O)OC)C(=O)Cc1ccc(Cl)cc1. The molecule has 0 saturated heterocycles. The first kappa shape index (κ1) is 18.5. The Bertz CT molecular complexity index is 473. The number of halogens is 1. The van der Waals surface area contributed by atoms with Crippen molar-refractivity contribution in [3.05, 3.63) is 34.9 Å². The zero-order valence-electron chi connectivity index (χ0n) is 13.3. The van der Waals surface area contributed by atoms with Crippen molar-refractivity contribution in [2.24, 2.45) is 0 Å². The fourth-order valence-corrected chi connectivity index (χ4v) is 2.26. The van der Waals surface area contributed by atoms with E-state index in [4.69, 9.17) is 11.6 Å². The van der Waals surface area contributed by atoms with E-state index in [2.05, 4.69) is 11.7 Å². The zero-order valence-corrected chi connectivity index (χ0v) is 14.1. The van der Waals surface area contributed by atoms with Crippen LogP contribution in [-0.4, -0.2) is 37.0 Å². The largest absolute Gasteiger partial charge is 0.469 e. The first-order valence-electron chi connectivity index (χ1n) is 7.65. The molecule has 0 aromatic heterocycles. The number of amides is 1. The maximum Gasteiger partial charge on any atom is 0.307 e. The van der Waals surface area contributed by atoms with Gasteiger partial charge in [0.25, 0.3) is 0 Å². The van der Waals surface area contributed by atoms with E-state index in [0.717, 1.165) is 24.8 Å². The second-order valence-electron chi connectivity index (χ2n) is 5.22. The number of carbonyl (C=O) groups is 2. The zero-order chi connectivity index (χ0) is 16.4. The molecule has 0 N–H and O–H groups in total. The van der Waals surface area contributed by atoms with E-state index in [-0.39, 0.29) is 18.3 Å². The van der Waals surface area contributed by atoms with Gasteiger partial charge in [-0.05, 0) is 24.1 Å².